The Hall–Kier alpha value is -3.36. The predicted octanol–water partition coefficient (Wildman–Crippen LogP) is 3.81. The highest BCUT2D eigenvalue weighted by Crippen LogP contribution is 2.37. The second-order valence-electron chi connectivity index (χ2n) is 10.2. The number of nitrogens with one attached hydrogen (secondary N) is 1. The van der Waals surface area contributed by atoms with Gasteiger partial charge in [0, 0.05) is 55.4 Å². The van der Waals surface area contributed by atoms with E-state index in [1.807, 2.05) is 17.0 Å². The highest BCUT2D eigenvalue weighted by Gasteiger charge is 2.29. The molecule has 0 bridgehead atoms. The maximum Gasteiger partial charge on any atom is 0.318 e. The van der Waals surface area contributed by atoms with E-state index in [1.165, 1.54) is 18.1 Å². The highest BCUT2D eigenvalue weighted by molar-refractivity contribution is 6.36. The highest BCUT2D eigenvalue weighted by atomic mass is 35.5. The molecule has 6 rings (SSSR count). The lowest BCUT2D eigenvalue weighted by atomic mass is 10.0. The number of benzene rings is 2. The number of piperazine rings is 1. The van der Waals surface area contributed by atoms with Crippen LogP contribution in [0.15, 0.2) is 49.1 Å². The van der Waals surface area contributed by atoms with Crippen LogP contribution in [0, 0.1) is 0 Å². The third-order valence-corrected chi connectivity index (χ3v) is 8.15. The quantitative estimate of drug-likeness (QED) is 0.484. The minimum atomic E-state index is -0.0214. The number of fused-ring (bicyclic) bond motifs is 2. The summed E-state index contributed by atoms with van der Waals surface area (Å²) in [6.07, 6.45) is 4.48. The SMILES string of the molecule is C=CC(=O)N1CCN(c2nc(OCC3CCCN3)nc3c2CCN(c2cccc4cccc(Cl)c24)C3)CC1. The number of nitrogens with zero attached hydrogens (tertiary/aromatic N) is 5. The Morgan fingerprint density at radius 1 is 1.11 bits per heavy atom. The van der Waals surface area contributed by atoms with Crippen molar-refractivity contribution in [1.82, 2.24) is 20.2 Å². The normalized spacial score (nSPS) is 19.5. The number of anilines is 2. The van der Waals surface area contributed by atoms with Crippen molar-refractivity contribution in [1.29, 1.82) is 0 Å². The number of carbonyl (C=O) groups excluding carboxylic acids is 1. The molecule has 2 saturated heterocycles. The molecular formula is C29H33ClN6O2. The van der Waals surface area contributed by atoms with Crippen LogP contribution in [0.5, 0.6) is 6.01 Å². The van der Waals surface area contributed by atoms with Crippen molar-refractivity contribution in [3.8, 4) is 6.01 Å². The molecule has 1 amide bonds. The van der Waals surface area contributed by atoms with E-state index in [0.717, 1.165) is 72.0 Å². The van der Waals surface area contributed by atoms with Crippen molar-refractivity contribution in [2.24, 2.45) is 0 Å². The summed E-state index contributed by atoms with van der Waals surface area (Å²) in [6.45, 7) is 9.44. The molecule has 1 atom stereocenters. The Labute approximate surface area is 228 Å². The summed E-state index contributed by atoms with van der Waals surface area (Å²) in [5.74, 6) is 0.914. The fraction of sp³-hybridized carbons (Fsp3) is 0.414. The van der Waals surface area contributed by atoms with Crippen LogP contribution in [-0.2, 0) is 17.8 Å². The van der Waals surface area contributed by atoms with E-state index in [9.17, 15) is 4.79 Å². The smallest absolute Gasteiger partial charge is 0.318 e. The Balaban J connectivity index is 1.31. The molecule has 2 aromatic carbocycles. The Morgan fingerprint density at radius 2 is 1.92 bits per heavy atom. The van der Waals surface area contributed by atoms with Crippen LogP contribution >= 0.6 is 11.6 Å². The van der Waals surface area contributed by atoms with Crippen molar-refractivity contribution in [3.63, 3.8) is 0 Å². The standard InChI is InChI=1S/C29H33ClN6O2/c1-2-26(37)34-14-16-35(17-15-34)28-22-11-13-36(25-10-4-7-20-6-3-9-23(30)27(20)25)18-24(22)32-29(33-28)38-19-21-8-5-12-31-21/h2-4,6-7,9-10,21,31H,1,5,8,11-19H2. The number of hydrogen-bond donors (Lipinski definition) is 1. The van der Waals surface area contributed by atoms with Gasteiger partial charge in [-0.15, -0.1) is 0 Å². The number of halogens is 1. The first kappa shape index (κ1) is 24.9. The van der Waals surface area contributed by atoms with Crippen LogP contribution in [0.25, 0.3) is 10.8 Å². The van der Waals surface area contributed by atoms with Crippen molar-refractivity contribution in [3.05, 3.63) is 65.3 Å². The molecule has 0 aliphatic carbocycles. The molecule has 4 heterocycles. The van der Waals surface area contributed by atoms with E-state index in [0.29, 0.717) is 38.3 Å². The third-order valence-electron chi connectivity index (χ3n) is 7.84. The van der Waals surface area contributed by atoms with Crippen LogP contribution in [0.2, 0.25) is 5.02 Å². The van der Waals surface area contributed by atoms with Gasteiger partial charge in [0.2, 0.25) is 5.91 Å². The van der Waals surface area contributed by atoms with Gasteiger partial charge in [0.15, 0.2) is 0 Å². The Bertz CT molecular complexity index is 1350. The minimum absolute atomic E-state index is 0.0214. The van der Waals surface area contributed by atoms with Crippen LogP contribution < -0.4 is 19.9 Å². The molecule has 0 radical (unpaired) electrons. The molecule has 0 spiro atoms. The van der Waals surface area contributed by atoms with Crippen molar-refractivity contribution in [2.75, 3.05) is 55.7 Å². The predicted molar refractivity (Wildman–Crippen MR) is 151 cm³/mol. The lowest BCUT2D eigenvalue weighted by Crippen LogP contribution is -2.49. The molecule has 2 fully saturated rings. The topological polar surface area (TPSA) is 73.8 Å². The molecule has 1 unspecified atom stereocenters. The van der Waals surface area contributed by atoms with Crippen molar-refractivity contribution >= 4 is 39.8 Å². The first-order valence-corrected chi connectivity index (χ1v) is 13.8. The molecule has 8 nitrogen and oxygen atoms in total. The average Bonchev–Trinajstić information content (AvgIpc) is 3.49. The van der Waals surface area contributed by atoms with Crippen molar-refractivity contribution in [2.45, 2.75) is 31.8 Å². The summed E-state index contributed by atoms with van der Waals surface area (Å²) in [5, 5.41) is 6.44. The first-order valence-electron chi connectivity index (χ1n) is 13.4. The number of ether oxygens (including phenoxy) is 1. The molecule has 38 heavy (non-hydrogen) atoms. The summed E-state index contributed by atoms with van der Waals surface area (Å²) in [5.41, 5.74) is 3.28. The maximum absolute atomic E-state index is 12.1. The molecule has 3 aromatic rings. The average molecular weight is 533 g/mol. The largest absolute Gasteiger partial charge is 0.462 e. The zero-order valence-corrected chi connectivity index (χ0v) is 22.3. The number of carbonyl (C=O) groups is 1. The van der Waals surface area contributed by atoms with E-state index in [-0.39, 0.29) is 5.91 Å². The van der Waals surface area contributed by atoms with Gasteiger partial charge in [-0.05, 0) is 49.4 Å². The fourth-order valence-electron chi connectivity index (χ4n) is 5.80. The van der Waals surface area contributed by atoms with E-state index < -0.39 is 0 Å². The van der Waals surface area contributed by atoms with Crippen LogP contribution in [0.1, 0.15) is 24.1 Å². The second kappa shape index (κ2) is 10.8. The summed E-state index contributed by atoms with van der Waals surface area (Å²) in [7, 11) is 0. The molecule has 0 saturated carbocycles. The second-order valence-corrected chi connectivity index (χ2v) is 10.6. The molecule has 1 aromatic heterocycles. The van der Waals surface area contributed by atoms with Crippen LogP contribution in [0.3, 0.4) is 0 Å². The summed E-state index contributed by atoms with van der Waals surface area (Å²) in [6, 6.07) is 13.1. The fourth-order valence-corrected chi connectivity index (χ4v) is 6.08. The Morgan fingerprint density at radius 3 is 2.68 bits per heavy atom. The van der Waals surface area contributed by atoms with E-state index >= 15 is 0 Å². The van der Waals surface area contributed by atoms with Crippen molar-refractivity contribution < 1.29 is 9.53 Å². The summed E-state index contributed by atoms with van der Waals surface area (Å²) in [4.78, 5) is 28.4. The lowest BCUT2D eigenvalue weighted by Gasteiger charge is -2.38. The first-order chi connectivity index (χ1) is 18.6. The molecule has 1 N–H and O–H groups in total. The zero-order chi connectivity index (χ0) is 26.1. The molecule has 9 heteroatoms. The molecule has 3 aliphatic heterocycles. The van der Waals surface area contributed by atoms with E-state index in [4.69, 9.17) is 26.3 Å². The van der Waals surface area contributed by atoms with Gasteiger partial charge in [-0.3, -0.25) is 4.79 Å². The van der Waals surface area contributed by atoms with E-state index in [2.05, 4.69) is 46.0 Å². The minimum Gasteiger partial charge on any atom is -0.462 e. The number of rotatable bonds is 6. The van der Waals surface area contributed by atoms with Gasteiger partial charge < -0.3 is 24.8 Å². The lowest BCUT2D eigenvalue weighted by molar-refractivity contribution is -0.126. The maximum atomic E-state index is 12.1. The molecule has 198 valence electrons. The number of aromatic nitrogens is 2. The third kappa shape index (κ3) is 4.90. The van der Waals surface area contributed by atoms with Crippen LogP contribution in [-0.4, -0.2) is 72.7 Å². The van der Waals surface area contributed by atoms with Gasteiger partial charge in [0.05, 0.1) is 17.3 Å². The van der Waals surface area contributed by atoms with E-state index in [1.54, 1.807) is 0 Å². The van der Waals surface area contributed by atoms with Gasteiger partial charge in [0.25, 0.3) is 0 Å². The van der Waals surface area contributed by atoms with Crippen LogP contribution in [0.4, 0.5) is 11.5 Å². The number of hydrogen-bond acceptors (Lipinski definition) is 7. The number of amides is 1. The summed E-state index contributed by atoms with van der Waals surface area (Å²) >= 11 is 6.66. The molecule has 3 aliphatic rings. The van der Waals surface area contributed by atoms with Gasteiger partial charge >= 0.3 is 6.01 Å². The van der Waals surface area contributed by atoms with Gasteiger partial charge in [0.1, 0.15) is 12.4 Å². The monoisotopic (exact) mass is 532 g/mol. The van der Waals surface area contributed by atoms with Gasteiger partial charge in [-0.1, -0.05) is 42.4 Å². The summed E-state index contributed by atoms with van der Waals surface area (Å²) < 4.78 is 6.17. The zero-order valence-electron chi connectivity index (χ0n) is 21.5. The van der Waals surface area contributed by atoms with Gasteiger partial charge in [-0.2, -0.15) is 9.97 Å². The van der Waals surface area contributed by atoms with Gasteiger partial charge in [-0.25, -0.2) is 0 Å². The molecular weight excluding hydrogens is 500 g/mol. The Kier molecular flexibility index (Phi) is 7.08.